The van der Waals surface area contributed by atoms with E-state index in [0.717, 1.165) is 25.7 Å². The summed E-state index contributed by atoms with van der Waals surface area (Å²) in [6.45, 7) is 0.136. The monoisotopic (exact) mass is 318 g/mol. The largest absolute Gasteiger partial charge is 0.347 e. The number of nitrogens with zero attached hydrogens (tertiary/aromatic N) is 2. The van der Waals surface area contributed by atoms with Crippen molar-refractivity contribution in [1.82, 2.24) is 15.5 Å². The molecule has 1 aliphatic rings. The number of halogens is 1. The Morgan fingerprint density at radius 2 is 2.17 bits per heavy atom. The lowest BCUT2D eigenvalue weighted by atomic mass is 9.99. The molecule has 23 heavy (non-hydrogen) atoms. The molecule has 1 aromatic carbocycles. The van der Waals surface area contributed by atoms with Gasteiger partial charge in [0.1, 0.15) is 5.82 Å². The van der Waals surface area contributed by atoms with Crippen LogP contribution in [0.4, 0.5) is 4.39 Å². The van der Waals surface area contributed by atoms with Crippen LogP contribution in [0.3, 0.4) is 0 Å². The van der Waals surface area contributed by atoms with Crippen molar-refractivity contribution in [1.29, 1.82) is 0 Å². The molecule has 0 bridgehead atoms. The lowest BCUT2D eigenvalue weighted by molar-refractivity contribution is -0.120. The summed E-state index contributed by atoms with van der Waals surface area (Å²) in [6.07, 6.45) is 3.91. The van der Waals surface area contributed by atoms with Crippen LogP contribution < -0.4 is 11.1 Å². The molecule has 0 atom stereocenters. The van der Waals surface area contributed by atoms with E-state index in [0.29, 0.717) is 17.3 Å². The minimum Gasteiger partial charge on any atom is -0.347 e. The van der Waals surface area contributed by atoms with Gasteiger partial charge in [0.15, 0.2) is 5.82 Å². The predicted octanol–water partition coefficient (Wildman–Crippen LogP) is 1.80. The van der Waals surface area contributed by atoms with Crippen molar-refractivity contribution < 1.29 is 13.7 Å². The summed E-state index contributed by atoms with van der Waals surface area (Å²) in [5, 5.41) is 6.62. The number of aromatic nitrogens is 2. The summed E-state index contributed by atoms with van der Waals surface area (Å²) in [7, 11) is 0. The van der Waals surface area contributed by atoms with Crippen molar-refractivity contribution in [2.45, 2.75) is 44.2 Å². The van der Waals surface area contributed by atoms with Crippen LogP contribution >= 0.6 is 0 Å². The Bertz CT molecular complexity index is 695. The van der Waals surface area contributed by atoms with E-state index >= 15 is 0 Å². The zero-order valence-electron chi connectivity index (χ0n) is 12.7. The highest BCUT2D eigenvalue weighted by atomic mass is 19.1. The molecule has 1 aliphatic carbocycles. The third-order valence-corrected chi connectivity index (χ3v) is 4.10. The molecular formula is C16H19FN4O2. The molecule has 0 spiro atoms. The molecule has 0 saturated heterocycles. The molecule has 122 valence electrons. The van der Waals surface area contributed by atoms with Gasteiger partial charge in [-0.05, 0) is 30.5 Å². The summed E-state index contributed by atoms with van der Waals surface area (Å²) >= 11 is 0. The van der Waals surface area contributed by atoms with Crippen LogP contribution in [-0.4, -0.2) is 16.0 Å². The third-order valence-electron chi connectivity index (χ3n) is 4.10. The van der Waals surface area contributed by atoms with Gasteiger partial charge in [0.2, 0.25) is 11.8 Å². The number of rotatable bonds is 5. The Morgan fingerprint density at radius 3 is 2.91 bits per heavy atom. The maximum Gasteiger partial charge on any atom is 0.246 e. The highest BCUT2D eigenvalue weighted by Gasteiger charge is 2.35. The van der Waals surface area contributed by atoms with E-state index in [9.17, 15) is 9.18 Å². The Kier molecular flexibility index (Phi) is 4.38. The first-order chi connectivity index (χ1) is 11.0. The average molecular weight is 318 g/mol. The van der Waals surface area contributed by atoms with Gasteiger partial charge in [-0.15, -0.1) is 0 Å². The quantitative estimate of drug-likeness (QED) is 0.876. The van der Waals surface area contributed by atoms with Crippen LogP contribution in [0.1, 0.15) is 43.0 Å². The fourth-order valence-corrected chi connectivity index (χ4v) is 2.83. The number of hydrogen-bond acceptors (Lipinski definition) is 5. The van der Waals surface area contributed by atoms with Crippen molar-refractivity contribution >= 4 is 5.91 Å². The molecule has 1 fully saturated rings. The highest BCUT2D eigenvalue weighted by Crippen LogP contribution is 2.34. The number of nitrogens with two attached hydrogens (primary N) is 1. The van der Waals surface area contributed by atoms with E-state index in [-0.39, 0.29) is 24.7 Å². The Balaban J connectivity index is 1.54. The Labute approximate surface area is 133 Å². The minimum atomic E-state index is -0.507. The standard InChI is InChI=1S/C16H19FN4O2/c17-12-5-3-4-11(8-12)9-13(22)19-10-14-20-15(21-23-14)16(18)6-1-2-7-16/h3-5,8H,1-2,6-7,9-10,18H2,(H,19,22). The van der Waals surface area contributed by atoms with E-state index in [1.54, 1.807) is 12.1 Å². The zero-order chi connectivity index (χ0) is 16.3. The van der Waals surface area contributed by atoms with Crippen LogP contribution in [0, 0.1) is 5.82 Å². The highest BCUT2D eigenvalue weighted by molar-refractivity contribution is 5.78. The van der Waals surface area contributed by atoms with Crippen molar-refractivity contribution in [2.75, 3.05) is 0 Å². The number of nitrogens with one attached hydrogen (secondary N) is 1. The number of benzene rings is 1. The summed E-state index contributed by atoms with van der Waals surface area (Å²) in [4.78, 5) is 16.2. The maximum atomic E-state index is 13.1. The average Bonchev–Trinajstić information content (AvgIpc) is 3.15. The van der Waals surface area contributed by atoms with Gasteiger partial charge in [-0.2, -0.15) is 4.98 Å². The minimum absolute atomic E-state index is 0.0968. The van der Waals surface area contributed by atoms with Gasteiger partial charge in [-0.1, -0.05) is 30.1 Å². The first-order valence-corrected chi connectivity index (χ1v) is 7.68. The second-order valence-electron chi connectivity index (χ2n) is 5.96. The van der Waals surface area contributed by atoms with Gasteiger partial charge in [0.25, 0.3) is 0 Å². The SMILES string of the molecule is NC1(c2noc(CNC(=O)Cc3cccc(F)c3)n2)CCCC1. The van der Waals surface area contributed by atoms with E-state index in [4.69, 9.17) is 10.3 Å². The molecule has 1 heterocycles. The van der Waals surface area contributed by atoms with Crippen molar-refractivity contribution in [2.24, 2.45) is 5.73 Å². The van der Waals surface area contributed by atoms with Crippen molar-refractivity contribution in [3.8, 4) is 0 Å². The van der Waals surface area contributed by atoms with E-state index < -0.39 is 5.54 Å². The van der Waals surface area contributed by atoms with E-state index in [1.807, 2.05) is 0 Å². The molecule has 1 amide bonds. The molecule has 2 aromatic rings. The summed E-state index contributed by atoms with van der Waals surface area (Å²) in [5.74, 6) is 0.231. The first-order valence-electron chi connectivity index (χ1n) is 7.68. The van der Waals surface area contributed by atoms with Crippen molar-refractivity contribution in [3.63, 3.8) is 0 Å². The maximum absolute atomic E-state index is 13.1. The molecule has 0 aliphatic heterocycles. The molecular weight excluding hydrogens is 299 g/mol. The number of amides is 1. The van der Waals surface area contributed by atoms with E-state index in [2.05, 4.69) is 15.5 Å². The lowest BCUT2D eigenvalue weighted by Gasteiger charge is -2.17. The molecule has 3 N–H and O–H groups in total. The van der Waals surface area contributed by atoms with Crippen LogP contribution in [0.5, 0.6) is 0 Å². The fourth-order valence-electron chi connectivity index (χ4n) is 2.83. The normalized spacial score (nSPS) is 16.4. The molecule has 6 nitrogen and oxygen atoms in total. The molecule has 1 saturated carbocycles. The van der Waals surface area contributed by atoms with Gasteiger partial charge in [0.05, 0.1) is 18.5 Å². The summed E-state index contributed by atoms with van der Waals surface area (Å²) in [6, 6.07) is 5.95. The van der Waals surface area contributed by atoms with E-state index in [1.165, 1.54) is 12.1 Å². The lowest BCUT2D eigenvalue weighted by Crippen LogP contribution is -2.34. The van der Waals surface area contributed by atoms with Gasteiger partial charge in [-0.25, -0.2) is 4.39 Å². The second kappa shape index (κ2) is 6.45. The Hall–Kier alpha value is -2.28. The van der Waals surface area contributed by atoms with Gasteiger partial charge >= 0.3 is 0 Å². The topological polar surface area (TPSA) is 94.0 Å². The van der Waals surface area contributed by atoms with Crippen LogP contribution in [0.2, 0.25) is 0 Å². The van der Waals surface area contributed by atoms with Gasteiger partial charge in [-0.3, -0.25) is 4.79 Å². The molecule has 7 heteroatoms. The van der Waals surface area contributed by atoms with Crippen LogP contribution in [0.15, 0.2) is 28.8 Å². The number of carbonyl (C=O) groups excluding carboxylic acids is 1. The molecule has 0 radical (unpaired) electrons. The Morgan fingerprint density at radius 1 is 1.39 bits per heavy atom. The zero-order valence-corrected chi connectivity index (χ0v) is 12.7. The van der Waals surface area contributed by atoms with Crippen LogP contribution in [0.25, 0.3) is 0 Å². The number of hydrogen-bond donors (Lipinski definition) is 2. The smallest absolute Gasteiger partial charge is 0.246 e. The van der Waals surface area contributed by atoms with Gasteiger partial charge in [0, 0.05) is 0 Å². The number of carbonyl (C=O) groups is 1. The van der Waals surface area contributed by atoms with Gasteiger partial charge < -0.3 is 15.6 Å². The summed E-state index contributed by atoms with van der Waals surface area (Å²) < 4.78 is 18.2. The first kappa shape index (κ1) is 15.6. The molecule has 1 aromatic heterocycles. The molecule has 0 unspecified atom stereocenters. The third kappa shape index (κ3) is 3.73. The van der Waals surface area contributed by atoms with Crippen LogP contribution in [-0.2, 0) is 23.3 Å². The second-order valence-corrected chi connectivity index (χ2v) is 5.96. The fraction of sp³-hybridized carbons (Fsp3) is 0.438. The van der Waals surface area contributed by atoms with Crippen molar-refractivity contribution in [3.05, 3.63) is 47.4 Å². The molecule has 3 rings (SSSR count). The summed E-state index contributed by atoms with van der Waals surface area (Å²) in [5.41, 5.74) is 6.36. The predicted molar refractivity (Wildman–Crippen MR) is 80.6 cm³/mol.